The largest absolute Gasteiger partial charge is 0.490 e. The number of hydrogen-bond donors (Lipinski definition) is 0. The topological polar surface area (TPSA) is 22.1 Å². The normalized spacial score (nSPS) is 12.6. The highest BCUT2D eigenvalue weighted by molar-refractivity contribution is 14.1. The molecular weight excluding hydrogens is 488 g/mol. The lowest BCUT2D eigenvalue weighted by Gasteiger charge is -2.14. The van der Waals surface area contributed by atoms with E-state index in [1.165, 1.54) is 0 Å². The van der Waals surface area contributed by atoms with Crippen LogP contribution in [0.5, 0.6) is 5.75 Å². The molecule has 0 aliphatic rings. The van der Waals surface area contributed by atoms with Crippen molar-refractivity contribution in [2.24, 2.45) is 5.92 Å². The maximum absolute atomic E-state index is 6.26. The van der Waals surface area contributed by atoms with Crippen LogP contribution >= 0.6 is 61.7 Å². The molecule has 0 spiro atoms. The first-order chi connectivity index (χ1) is 10.0. The van der Waals surface area contributed by atoms with Crippen molar-refractivity contribution in [2.45, 2.75) is 19.8 Å². The highest BCUT2D eigenvalue weighted by Crippen LogP contribution is 2.35. The van der Waals surface area contributed by atoms with Gasteiger partial charge < -0.3 is 4.74 Å². The maximum atomic E-state index is 6.26. The van der Waals surface area contributed by atoms with Gasteiger partial charge in [-0.1, -0.05) is 46.1 Å². The summed E-state index contributed by atoms with van der Waals surface area (Å²) in [6.07, 6.45) is 2.15. The molecule has 0 aliphatic carbocycles. The maximum Gasteiger partial charge on any atom is 0.158 e. The Hall–Kier alpha value is 0.220. The van der Waals surface area contributed by atoms with Crippen LogP contribution in [0.2, 0.25) is 10.2 Å². The SMILES string of the molecule is CC(CCBr)CCOc1c(I)cc(Cl)c2ccc(Cl)nc12. The summed E-state index contributed by atoms with van der Waals surface area (Å²) in [5.74, 6) is 1.39. The van der Waals surface area contributed by atoms with Crippen molar-refractivity contribution in [3.8, 4) is 5.75 Å². The summed E-state index contributed by atoms with van der Waals surface area (Å²) in [6, 6.07) is 5.52. The van der Waals surface area contributed by atoms with E-state index in [1.807, 2.05) is 12.1 Å². The van der Waals surface area contributed by atoms with Crippen LogP contribution in [-0.2, 0) is 0 Å². The second-order valence-electron chi connectivity index (χ2n) is 4.92. The molecule has 0 bridgehead atoms. The molecule has 114 valence electrons. The smallest absolute Gasteiger partial charge is 0.158 e. The lowest BCUT2D eigenvalue weighted by molar-refractivity contribution is 0.283. The molecule has 2 rings (SSSR count). The fraction of sp³-hybridized carbons (Fsp3) is 0.400. The van der Waals surface area contributed by atoms with E-state index in [9.17, 15) is 0 Å². The van der Waals surface area contributed by atoms with Crippen molar-refractivity contribution in [1.29, 1.82) is 0 Å². The number of benzene rings is 1. The Morgan fingerprint density at radius 2 is 2.10 bits per heavy atom. The van der Waals surface area contributed by atoms with Crippen LogP contribution in [0.1, 0.15) is 19.8 Å². The predicted octanol–water partition coefficient (Wildman–Crippen LogP) is 6.34. The van der Waals surface area contributed by atoms with Crippen LogP contribution in [0.4, 0.5) is 0 Å². The Morgan fingerprint density at radius 3 is 2.81 bits per heavy atom. The van der Waals surface area contributed by atoms with Gasteiger partial charge in [-0.05, 0) is 59.5 Å². The van der Waals surface area contributed by atoms with Crippen LogP contribution < -0.4 is 4.74 Å². The minimum atomic E-state index is 0.443. The van der Waals surface area contributed by atoms with E-state index in [-0.39, 0.29) is 0 Å². The third kappa shape index (κ3) is 4.60. The molecule has 1 atom stereocenters. The Kier molecular flexibility index (Phi) is 6.84. The first-order valence-corrected chi connectivity index (χ1v) is 9.61. The van der Waals surface area contributed by atoms with Crippen LogP contribution in [0.25, 0.3) is 10.9 Å². The summed E-state index contributed by atoms with van der Waals surface area (Å²) in [5, 5.41) is 2.99. The zero-order valence-corrected chi connectivity index (χ0v) is 16.8. The summed E-state index contributed by atoms with van der Waals surface area (Å²) in [4.78, 5) is 4.38. The van der Waals surface area contributed by atoms with Crippen LogP contribution in [-0.4, -0.2) is 16.9 Å². The number of aromatic nitrogens is 1. The van der Waals surface area contributed by atoms with Gasteiger partial charge in [-0.25, -0.2) is 4.98 Å². The lowest BCUT2D eigenvalue weighted by atomic mass is 10.1. The molecule has 0 N–H and O–H groups in total. The molecule has 1 heterocycles. The molecule has 1 aromatic heterocycles. The molecule has 0 fully saturated rings. The fourth-order valence-corrected chi connectivity index (χ4v) is 4.10. The van der Waals surface area contributed by atoms with Gasteiger partial charge in [0, 0.05) is 10.7 Å². The third-order valence-corrected chi connectivity index (χ3v) is 5.05. The summed E-state index contributed by atoms with van der Waals surface area (Å²) in [5.41, 5.74) is 0.729. The standard InChI is InChI=1S/C15H15BrCl2INO/c1-9(4-6-16)5-7-21-15-12(19)8-11(17)10-2-3-13(18)20-14(10)15/h2-3,8-9H,4-7H2,1H3. The molecule has 2 aromatic rings. The predicted molar refractivity (Wildman–Crippen MR) is 102 cm³/mol. The number of fused-ring (bicyclic) bond motifs is 1. The Balaban J connectivity index is 2.24. The molecule has 21 heavy (non-hydrogen) atoms. The Morgan fingerprint density at radius 1 is 1.33 bits per heavy atom. The molecule has 0 amide bonds. The van der Waals surface area contributed by atoms with Gasteiger partial charge in [0.15, 0.2) is 5.75 Å². The first-order valence-electron chi connectivity index (χ1n) is 6.66. The number of nitrogens with zero attached hydrogens (tertiary/aromatic N) is 1. The van der Waals surface area contributed by atoms with Crippen LogP contribution in [0.3, 0.4) is 0 Å². The van der Waals surface area contributed by atoms with E-state index in [0.29, 0.717) is 22.7 Å². The monoisotopic (exact) mass is 501 g/mol. The van der Waals surface area contributed by atoms with Gasteiger partial charge in [0.05, 0.1) is 15.2 Å². The number of alkyl halides is 1. The number of pyridine rings is 1. The highest BCUT2D eigenvalue weighted by atomic mass is 127. The third-order valence-electron chi connectivity index (χ3n) is 3.26. The molecule has 0 aliphatic heterocycles. The van der Waals surface area contributed by atoms with Gasteiger partial charge >= 0.3 is 0 Å². The number of ether oxygens (including phenoxy) is 1. The van der Waals surface area contributed by atoms with Crippen molar-refractivity contribution in [2.75, 3.05) is 11.9 Å². The van der Waals surface area contributed by atoms with E-state index in [4.69, 9.17) is 27.9 Å². The van der Waals surface area contributed by atoms with E-state index < -0.39 is 0 Å². The van der Waals surface area contributed by atoms with Crippen LogP contribution in [0.15, 0.2) is 18.2 Å². The average molecular weight is 503 g/mol. The minimum absolute atomic E-state index is 0.443. The first kappa shape index (κ1) is 17.6. The summed E-state index contributed by atoms with van der Waals surface area (Å²) in [7, 11) is 0. The van der Waals surface area contributed by atoms with Gasteiger partial charge in [0.1, 0.15) is 10.7 Å². The van der Waals surface area contributed by atoms with Gasteiger partial charge in [-0.3, -0.25) is 0 Å². The second kappa shape index (κ2) is 8.18. The molecule has 0 saturated carbocycles. The van der Waals surface area contributed by atoms with E-state index in [1.54, 1.807) is 6.07 Å². The van der Waals surface area contributed by atoms with Gasteiger partial charge in [0.25, 0.3) is 0 Å². The molecule has 1 aromatic carbocycles. The second-order valence-corrected chi connectivity index (χ2v) is 7.67. The summed E-state index contributed by atoms with van der Waals surface area (Å²) >= 11 is 18.0. The number of halogens is 4. The summed E-state index contributed by atoms with van der Waals surface area (Å²) < 4.78 is 6.93. The average Bonchev–Trinajstić information content (AvgIpc) is 2.42. The molecule has 6 heteroatoms. The fourth-order valence-electron chi connectivity index (χ4n) is 2.00. The molecule has 0 saturated heterocycles. The number of rotatable bonds is 6. The van der Waals surface area contributed by atoms with E-state index in [0.717, 1.165) is 38.4 Å². The van der Waals surface area contributed by atoms with Crippen LogP contribution in [0, 0.1) is 9.49 Å². The van der Waals surface area contributed by atoms with Crippen molar-refractivity contribution in [3.63, 3.8) is 0 Å². The molecular formula is C15H15BrCl2INO. The van der Waals surface area contributed by atoms with Crippen molar-refractivity contribution < 1.29 is 4.74 Å². The van der Waals surface area contributed by atoms with Gasteiger partial charge in [-0.15, -0.1) is 0 Å². The zero-order valence-electron chi connectivity index (χ0n) is 11.5. The quantitative estimate of drug-likeness (QED) is 0.261. The van der Waals surface area contributed by atoms with Gasteiger partial charge in [0.2, 0.25) is 0 Å². The van der Waals surface area contributed by atoms with Crippen molar-refractivity contribution in [1.82, 2.24) is 4.98 Å². The van der Waals surface area contributed by atoms with Crippen molar-refractivity contribution in [3.05, 3.63) is 31.9 Å². The Labute approximate surface area is 156 Å². The van der Waals surface area contributed by atoms with Gasteiger partial charge in [-0.2, -0.15) is 0 Å². The van der Waals surface area contributed by atoms with Crippen molar-refractivity contribution >= 4 is 72.6 Å². The molecule has 1 unspecified atom stereocenters. The Bertz CT molecular complexity index is 639. The van der Waals surface area contributed by atoms with E-state index >= 15 is 0 Å². The molecule has 2 nitrogen and oxygen atoms in total. The molecule has 0 radical (unpaired) electrons. The highest BCUT2D eigenvalue weighted by Gasteiger charge is 2.13. The lowest BCUT2D eigenvalue weighted by Crippen LogP contribution is -2.06. The minimum Gasteiger partial charge on any atom is -0.490 e. The number of hydrogen-bond acceptors (Lipinski definition) is 2. The zero-order chi connectivity index (χ0) is 15.4. The van der Waals surface area contributed by atoms with E-state index in [2.05, 4.69) is 50.4 Å². The summed E-state index contributed by atoms with van der Waals surface area (Å²) in [6.45, 7) is 2.89.